The lowest BCUT2D eigenvalue weighted by molar-refractivity contribution is 0.0604. The Bertz CT molecular complexity index is 588. The molecular weight excluding hydrogens is 300 g/mol. The molecule has 0 aliphatic carbocycles. The molecule has 120 valence electrons. The molecule has 1 unspecified atom stereocenters. The lowest BCUT2D eigenvalue weighted by Crippen LogP contribution is -2.16. The van der Waals surface area contributed by atoms with Gasteiger partial charge < -0.3 is 15.0 Å². The van der Waals surface area contributed by atoms with Crippen LogP contribution in [0, 0.1) is 5.92 Å². The number of amides is 1. The molecule has 5 nitrogen and oxygen atoms in total. The Morgan fingerprint density at radius 3 is 2.59 bits per heavy atom. The van der Waals surface area contributed by atoms with Crippen molar-refractivity contribution in [3.63, 3.8) is 0 Å². The summed E-state index contributed by atoms with van der Waals surface area (Å²) < 4.78 is 4.77. The Kier molecular flexibility index (Phi) is 6.98. The second-order valence-electron chi connectivity index (χ2n) is 5.14. The van der Waals surface area contributed by atoms with Crippen LogP contribution in [0.25, 0.3) is 0 Å². The first-order chi connectivity index (χ1) is 10.4. The number of aliphatic imine (C=N–C) groups is 1. The minimum absolute atomic E-state index is 0.142. The molecule has 0 spiro atoms. The number of allylic oxidation sites excluding steroid dienone is 1. The van der Waals surface area contributed by atoms with Crippen LogP contribution in [0.15, 0.2) is 23.3 Å². The second kappa shape index (κ2) is 8.48. The maximum Gasteiger partial charge on any atom is 0.348 e. The molecule has 0 aromatic carbocycles. The van der Waals surface area contributed by atoms with Gasteiger partial charge in [-0.05, 0) is 17.5 Å². The van der Waals surface area contributed by atoms with Gasteiger partial charge in [0.15, 0.2) is 0 Å². The molecular formula is C16H22N2O3S. The third-order valence-electron chi connectivity index (χ3n) is 2.98. The Morgan fingerprint density at radius 2 is 2.05 bits per heavy atom. The topological polar surface area (TPSA) is 67.8 Å². The SMILES string of the molecule is CN=CC(C)/C=C\NC(=O)c1cc(C(C)C)c(C(=O)OC)s1. The van der Waals surface area contributed by atoms with E-state index in [1.807, 2.05) is 26.8 Å². The Hall–Kier alpha value is -1.95. The first-order valence-electron chi connectivity index (χ1n) is 7.02. The first kappa shape index (κ1) is 18.1. The Balaban J connectivity index is 2.88. The minimum Gasteiger partial charge on any atom is -0.465 e. The van der Waals surface area contributed by atoms with Crippen LogP contribution in [-0.4, -0.2) is 32.2 Å². The van der Waals surface area contributed by atoms with E-state index in [0.29, 0.717) is 9.75 Å². The molecule has 1 aromatic rings. The van der Waals surface area contributed by atoms with Crippen LogP contribution in [0.5, 0.6) is 0 Å². The quantitative estimate of drug-likeness (QED) is 0.646. The minimum atomic E-state index is -0.406. The Morgan fingerprint density at radius 1 is 1.36 bits per heavy atom. The summed E-state index contributed by atoms with van der Waals surface area (Å²) in [7, 11) is 3.04. The lowest BCUT2D eigenvalue weighted by Gasteiger charge is -2.04. The summed E-state index contributed by atoms with van der Waals surface area (Å²) in [5, 5.41) is 2.70. The number of esters is 1. The number of ether oxygens (including phenoxy) is 1. The molecule has 6 heteroatoms. The standard InChI is InChI=1S/C16H22N2O3S/c1-10(2)12-8-13(22-14(12)16(20)21-5)15(19)18-7-6-11(3)9-17-4/h6-11H,1-5H3,(H,18,19)/b7-6-,17-9?. The summed E-state index contributed by atoms with van der Waals surface area (Å²) in [6.45, 7) is 5.91. The highest BCUT2D eigenvalue weighted by Crippen LogP contribution is 2.29. The smallest absolute Gasteiger partial charge is 0.348 e. The van der Waals surface area contributed by atoms with E-state index < -0.39 is 5.97 Å². The van der Waals surface area contributed by atoms with E-state index in [1.165, 1.54) is 7.11 Å². The van der Waals surface area contributed by atoms with E-state index in [-0.39, 0.29) is 17.7 Å². The summed E-state index contributed by atoms with van der Waals surface area (Å²) in [4.78, 5) is 28.8. The van der Waals surface area contributed by atoms with Gasteiger partial charge in [0.05, 0.1) is 12.0 Å². The zero-order chi connectivity index (χ0) is 16.7. The van der Waals surface area contributed by atoms with Gasteiger partial charge in [0, 0.05) is 25.4 Å². The third kappa shape index (κ3) is 4.80. The van der Waals surface area contributed by atoms with Gasteiger partial charge in [-0.15, -0.1) is 11.3 Å². The van der Waals surface area contributed by atoms with Crippen molar-refractivity contribution in [2.24, 2.45) is 10.9 Å². The molecule has 1 atom stereocenters. The number of thiophene rings is 1. The van der Waals surface area contributed by atoms with Gasteiger partial charge in [-0.2, -0.15) is 0 Å². The van der Waals surface area contributed by atoms with Crippen molar-refractivity contribution < 1.29 is 14.3 Å². The number of nitrogens with one attached hydrogen (secondary N) is 1. The van der Waals surface area contributed by atoms with Crippen molar-refractivity contribution in [3.8, 4) is 0 Å². The summed E-state index contributed by atoms with van der Waals surface area (Å²) >= 11 is 1.15. The van der Waals surface area contributed by atoms with E-state index in [1.54, 1.807) is 25.5 Å². The number of hydrogen-bond acceptors (Lipinski definition) is 5. The molecule has 1 amide bonds. The van der Waals surface area contributed by atoms with E-state index in [4.69, 9.17) is 4.74 Å². The molecule has 1 rings (SSSR count). The van der Waals surface area contributed by atoms with Crippen LogP contribution in [0.1, 0.15) is 51.6 Å². The zero-order valence-electron chi connectivity index (χ0n) is 13.5. The van der Waals surface area contributed by atoms with Gasteiger partial charge in [-0.25, -0.2) is 4.79 Å². The maximum atomic E-state index is 12.1. The number of rotatable bonds is 6. The fraction of sp³-hybridized carbons (Fsp3) is 0.438. The molecule has 1 aromatic heterocycles. The molecule has 0 bridgehead atoms. The maximum absolute atomic E-state index is 12.1. The largest absolute Gasteiger partial charge is 0.465 e. The van der Waals surface area contributed by atoms with Gasteiger partial charge in [-0.1, -0.05) is 26.8 Å². The van der Waals surface area contributed by atoms with Gasteiger partial charge in [0.25, 0.3) is 5.91 Å². The van der Waals surface area contributed by atoms with Crippen LogP contribution in [-0.2, 0) is 4.74 Å². The van der Waals surface area contributed by atoms with Crippen molar-refractivity contribution >= 4 is 29.4 Å². The molecule has 0 aliphatic heterocycles. The Labute approximate surface area is 135 Å². The highest BCUT2D eigenvalue weighted by molar-refractivity contribution is 7.16. The van der Waals surface area contributed by atoms with Crippen LogP contribution in [0.3, 0.4) is 0 Å². The summed E-state index contributed by atoms with van der Waals surface area (Å²) in [5.41, 5.74) is 0.831. The van der Waals surface area contributed by atoms with Gasteiger partial charge in [0.1, 0.15) is 4.88 Å². The number of nitrogens with zero attached hydrogens (tertiary/aromatic N) is 1. The molecule has 1 heterocycles. The normalized spacial score (nSPS) is 13.0. The van der Waals surface area contributed by atoms with E-state index in [9.17, 15) is 9.59 Å². The predicted octanol–water partition coefficient (Wildman–Crippen LogP) is 3.24. The number of methoxy groups -OCH3 is 1. The molecule has 22 heavy (non-hydrogen) atoms. The van der Waals surface area contributed by atoms with Crippen LogP contribution < -0.4 is 5.32 Å². The van der Waals surface area contributed by atoms with Gasteiger partial charge in [-0.3, -0.25) is 4.79 Å². The van der Waals surface area contributed by atoms with Crippen LogP contribution in [0.4, 0.5) is 0 Å². The van der Waals surface area contributed by atoms with Gasteiger partial charge in [0.2, 0.25) is 0 Å². The molecule has 0 radical (unpaired) electrons. The third-order valence-corrected chi connectivity index (χ3v) is 4.11. The molecule has 0 fully saturated rings. The van der Waals surface area contributed by atoms with Crippen molar-refractivity contribution in [1.82, 2.24) is 5.32 Å². The molecule has 0 saturated carbocycles. The average molecular weight is 322 g/mol. The zero-order valence-corrected chi connectivity index (χ0v) is 14.4. The van der Waals surface area contributed by atoms with E-state index in [2.05, 4.69) is 10.3 Å². The van der Waals surface area contributed by atoms with Crippen LogP contribution in [0.2, 0.25) is 0 Å². The van der Waals surface area contributed by atoms with Crippen molar-refractivity contribution in [3.05, 3.63) is 33.7 Å². The molecule has 0 saturated heterocycles. The first-order valence-corrected chi connectivity index (χ1v) is 7.84. The summed E-state index contributed by atoms with van der Waals surface area (Å²) in [5.74, 6) is -0.358. The summed E-state index contributed by atoms with van der Waals surface area (Å²) in [6, 6.07) is 1.75. The van der Waals surface area contributed by atoms with E-state index in [0.717, 1.165) is 16.9 Å². The van der Waals surface area contributed by atoms with Crippen molar-refractivity contribution in [2.45, 2.75) is 26.7 Å². The second-order valence-corrected chi connectivity index (χ2v) is 6.19. The van der Waals surface area contributed by atoms with Crippen molar-refractivity contribution in [2.75, 3.05) is 14.2 Å². The van der Waals surface area contributed by atoms with E-state index >= 15 is 0 Å². The predicted molar refractivity (Wildman–Crippen MR) is 89.9 cm³/mol. The highest BCUT2D eigenvalue weighted by atomic mass is 32.1. The molecule has 0 aliphatic rings. The highest BCUT2D eigenvalue weighted by Gasteiger charge is 2.21. The summed E-state index contributed by atoms with van der Waals surface area (Å²) in [6.07, 6.45) is 5.21. The lowest BCUT2D eigenvalue weighted by atomic mass is 10.0. The molecule has 1 N–H and O–H groups in total. The number of hydrogen-bond donors (Lipinski definition) is 1. The average Bonchev–Trinajstić information content (AvgIpc) is 2.92. The monoisotopic (exact) mass is 322 g/mol. The number of carbonyl (C=O) groups is 2. The van der Waals surface area contributed by atoms with Crippen LogP contribution >= 0.6 is 11.3 Å². The van der Waals surface area contributed by atoms with Crippen molar-refractivity contribution in [1.29, 1.82) is 0 Å². The fourth-order valence-electron chi connectivity index (χ4n) is 1.83. The fourth-order valence-corrected chi connectivity index (χ4v) is 2.97. The number of carbonyl (C=O) groups excluding carboxylic acids is 2. The van der Waals surface area contributed by atoms with Gasteiger partial charge >= 0.3 is 5.97 Å².